The lowest BCUT2D eigenvalue weighted by molar-refractivity contribution is 0.289. The largest absolute Gasteiger partial charge is 0.489 e. The van der Waals surface area contributed by atoms with E-state index in [2.05, 4.69) is 24.3 Å². The molecule has 1 atom stereocenters. The van der Waals surface area contributed by atoms with Gasteiger partial charge < -0.3 is 15.2 Å². The van der Waals surface area contributed by atoms with Crippen LogP contribution in [-0.4, -0.2) is 6.04 Å². The maximum absolute atomic E-state index is 5.99. The fourth-order valence-electron chi connectivity index (χ4n) is 2.77. The molecule has 0 saturated heterocycles. The Morgan fingerprint density at radius 3 is 1.58 bits per heavy atom. The van der Waals surface area contributed by atoms with E-state index in [0.29, 0.717) is 13.2 Å². The Balaban J connectivity index is 1.72. The molecule has 0 amide bonds. The van der Waals surface area contributed by atoms with Crippen LogP contribution in [0, 0.1) is 0 Å². The van der Waals surface area contributed by atoms with Crippen LogP contribution in [0.4, 0.5) is 0 Å². The number of ether oxygens (including phenoxy) is 2. The second kappa shape index (κ2) is 9.07. The Labute approximate surface area is 155 Å². The topological polar surface area (TPSA) is 44.5 Å². The van der Waals surface area contributed by atoms with Crippen molar-refractivity contribution in [1.82, 2.24) is 0 Å². The van der Waals surface area contributed by atoms with Gasteiger partial charge in [0.1, 0.15) is 24.7 Å². The molecule has 0 aliphatic rings. The van der Waals surface area contributed by atoms with Crippen LogP contribution in [0.25, 0.3) is 0 Å². The van der Waals surface area contributed by atoms with Crippen molar-refractivity contribution < 1.29 is 9.47 Å². The third-order valence-corrected chi connectivity index (χ3v) is 3.99. The van der Waals surface area contributed by atoms with E-state index in [9.17, 15) is 0 Å². The maximum atomic E-state index is 5.99. The molecule has 3 aromatic carbocycles. The zero-order valence-electron chi connectivity index (χ0n) is 15.1. The standard InChI is InChI=1S/C23H25NO2/c1-18(24)12-21-13-22(25-16-19-8-4-2-5-9-19)15-23(14-21)26-17-20-10-6-3-7-11-20/h2-11,13-15,18H,12,16-17,24H2,1H3. The van der Waals surface area contributed by atoms with Gasteiger partial charge in [0.05, 0.1) is 0 Å². The van der Waals surface area contributed by atoms with Gasteiger partial charge in [0.2, 0.25) is 0 Å². The lowest BCUT2D eigenvalue weighted by atomic mass is 10.1. The summed E-state index contributed by atoms with van der Waals surface area (Å²) in [5.74, 6) is 1.60. The summed E-state index contributed by atoms with van der Waals surface area (Å²) in [5, 5.41) is 0. The molecule has 3 rings (SSSR count). The van der Waals surface area contributed by atoms with Crippen LogP contribution in [0.5, 0.6) is 11.5 Å². The van der Waals surface area contributed by atoms with E-state index in [-0.39, 0.29) is 6.04 Å². The second-order valence-corrected chi connectivity index (χ2v) is 6.54. The van der Waals surface area contributed by atoms with E-state index in [1.807, 2.05) is 61.5 Å². The summed E-state index contributed by atoms with van der Waals surface area (Å²) in [6, 6.07) is 26.4. The summed E-state index contributed by atoms with van der Waals surface area (Å²) in [5.41, 5.74) is 9.36. The van der Waals surface area contributed by atoms with Gasteiger partial charge in [-0.2, -0.15) is 0 Å². The molecule has 0 aliphatic heterocycles. The van der Waals surface area contributed by atoms with Gasteiger partial charge in [0.15, 0.2) is 0 Å². The third kappa shape index (κ3) is 5.64. The highest BCUT2D eigenvalue weighted by atomic mass is 16.5. The lowest BCUT2D eigenvalue weighted by Crippen LogP contribution is -2.17. The van der Waals surface area contributed by atoms with Crippen molar-refractivity contribution in [3.8, 4) is 11.5 Å². The first-order chi connectivity index (χ1) is 12.7. The van der Waals surface area contributed by atoms with Crippen molar-refractivity contribution in [1.29, 1.82) is 0 Å². The van der Waals surface area contributed by atoms with Crippen molar-refractivity contribution in [3.63, 3.8) is 0 Å². The number of nitrogens with two attached hydrogens (primary N) is 1. The Morgan fingerprint density at radius 2 is 1.15 bits per heavy atom. The van der Waals surface area contributed by atoms with Crippen molar-refractivity contribution >= 4 is 0 Å². The van der Waals surface area contributed by atoms with Crippen molar-refractivity contribution in [2.75, 3.05) is 0 Å². The van der Waals surface area contributed by atoms with Crippen LogP contribution in [0.15, 0.2) is 78.9 Å². The molecule has 1 unspecified atom stereocenters. The van der Waals surface area contributed by atoms with Crippen molar-refractivity contribution in [2.45, 2.75) is 32.6 Å². The predicted octanol–water partition coefficient (Wildman–Crippen LogP) is 4.73. The molecule has 0 fully saturated rings. The minimum absolute atomic E-state index is 0.0846. The first-order valence-corrected chi connectivity index (χ1v) is 8.92. The first kappa shape index (κ1) is 18.0. The van der Waals surface area contributed by atoms with E-state index in [0.717, 1.165) is 34.6 Å². The zero-order chi connectivity index (χ0) is 18.2. The monoisotopic (exact) mass is 347 g/mol. The average Bonchev–Trinajstić information content (AvgIpc) is 2.66. The summed E-state index contributed by atoms with van der Waals surface area (Å²) < 4.78 is 12.0. The van der Waals surface area contributed by atoms with Crippen LogP contribution < -0.4 is 15.2 Å². The van der Waals surface area contributed by atoms with E-state index in [1.165, 1.54) is 0 Å². The highest BCUT2D eigenvalue weighted by Gasteiger charge is 2.06. The van der Waals surface area contributed by atoms with Gasteiger partial charge in [-0.1, -0.05) is 60.7 Å². The smallest absolute Gasteiger partial charge is 0.123 e. The molecule has 0 spiro atoms. The molecule has 0 bridgehead atoms. The summed E-state index contributed by atoms with van der Waals surface area (Å²) >= 11 is 0. The molecule has 0 radical (unpaired) electrons. The fraction of sp³-hybridized carbons (Fsp3) is 0.217. The summed E-state index contributed by atoms with van der Waals surface area (Å²) in [6.07, 6.45) is 0.782. The SMILES string of the molecule is CC(N)Cc1cc(OCc2ccccc2)cc(OCc2ccccc2)c1. The van der Waals surface area contributed by atoms with Gasteiger partial charge in [0, 0.05) is 12.1 Å². The number of hydrogen-bond acceptors (Lipinski definition) is 3. The Hall–Kier alpha value is -2.78. The molecule has 0 aromatic heterocycles. The quantitative estimate of drug-likeness (QED) is 0.640. The van der Waals surface area contributed by atoms with Crippen LogP contribution in [0.1, 0.15) is 23.6 Å². The van der Waals surface area contributed by atoms with Crippen LogP contribution in [-0.2, 0) is 19.6 Å². The first-order valence-electron chi connectivity index (χ1n) is 8.92. The molecule has 0 aliphatic carbocycles. The normalized spacial score (nSPS) is 11.8. The Morgan fingerprint density at radius 1 is 0.692 bits per heavy atom. The summed E-state index contributed by atoms with van der Waals surface area (Å²) in [4.78, 5) is 0. The van der Waals surface area contributed by atoms with Gasteiger partial charge in [0.25, 0.3) is 0 Å². The van der Waals surface area contributed by atoms with E-state index in [1.54, 1.807) is 0 Å². The maximum Gasteiger partial charge on any atom is 0.123 e. The van der Waals surface area contributed by atoms with Crippen LogP contribution >= 0.6 is 0 Å². The van der Waals surface area contributed by atoms with Gasteiger partial charge >= 0.3 is 0 Å². The molecule has 3 aromatic rings. The number of benzene rings is 3. The number of rotatable bonds is 8. The molecule has 0 heterocycles. The highest BCUT2D eigenvalue weighted by molar-refractivity contribution is 5.39. The molecule has 26 heavy (non-hydrogen) atoms. The lowest BCUT2D eigenvalue weighted by Gasteiger charge is -2.14. The summed E-state index contributed by atoms with van der Waals surface area (Å²) in [6.45, 7) is 3.06. The molecule has 134 valence electrons. The van der Waals surface area contributed by atoms with Crippen LogP contribution in [0.3, 0.4) is 0 Å². The summed E-state index contributed by atoms with van der Waals surface area (Å²) in [7, 11) is 0. The molecule has 3 heteroatoms. The average molecular weight is 347 g/mol. The highest BCUT2D eigenvalue weighted by Crippen LogP contribution is 2.25. The Kier molecular flexibility index (Phi) is 6.29. The van der Waals surface area contributed by atoms with Gasteiger partial charge in [-0.05, 0) is 42.2 Å². The van der Waals surface area contributed by atoms with E-state index in [4.69, 9.17) is 15.2 Å². The molecule has 3 nitrogen and oxygen atoms in total. The van der Waals surface area contributed by atoms with E-state index < -0.39 is 0 Å². The predicted molar refractivity (Wildman–Crippen MR) is 105 cm³/mol. The second-order valence-electron chi connectivity index (χ2n) is 6.54. The van der Waals surface area contributed by atoms with Crippen molar-refractivity contribution in [2.24, 2.45) is 5.73 Å². The van der Waals surface area contributed by atoms with Gasteiger partial charge in [-0.3, -0.25) is 0 Å². The van der Waals surface area contributed by atoms with Gasteiger partial charge in [-0.25, -0.2) is 0 Å². The molecular weight excluding hydrogens is 322 g/mol. The van der Waals surface area contributed by atoms with Crippen LogP contribution in [0.2, 0.25) is 0 Å². The fourth-order valence-corrected chi connectivity index (χ4v) is 2.77. The third-order valence-electron chi connectivity index (χ3n) is 3.99. The minimum atomic E-state index is 0.0846. The molecule has 0 saturated carbocycles. The molecular formula is C23H25NO2. The Bertz CT molecular complexity index is 739. The number of hydrogen-bond donors (Lipinski definition) is 1. The van der Waals surface area contributed by atoms with E-state index >= 15 is 0 Å². The minimum Gasteiger partial charge on any atom is -0.489 e. The van der Waals surface area contributed by atoms with Crippen molar-refractivity contribution in [3.05, 3.63) is 95.6 Å². The zero-order valence-corrected chi connectivity index (χ0v) is 15.1. The van der Waals surface area contributed by atoms with Gasteiger partial charge in [-0.15, -0.1) is 0 Å². The molecule has 2 N–H and O–H groups in total.